The topological polar surface area (TPSA) is 33.8 Å². The van der Waals surface area contributed by atoms with Gasteiger partial charge in [-0.05, 0) is 12.1 Å². The van der Waals surface area contributed by atoms with Crippen molar-refractivity contribution in [1.29, 1.82) is 0 Å². The first-order chi connectivity index (χ1) is 28.5. The van der Waals surface area contributed by atoms with Gasteiger partial charge in [-0.3, -0.25) is 9.78 Å². The van der Waals surface area contributed by atoms with Crippen LogP contribution in [-0.4, -0.2) is 16.9 Å². The number of Topliss-reactive ketones (excluding diaryl/α,β-unsaturated/α-hetero) is 1. The third-order valence-corrected chi connectivity index (χ3v) is 9.42. The molecule has 320 valence electrons. The van der Waals surface area contributed by atoms with E-state index in [0.717, 1.165) is 4.47 Å². The normalized spacial score (nSPS) is 11.5. The quantitative estimate of drug-likeness (QED) is 0.0409. The van der Waals surface area contributed by atoms with Crippen LogP contribution in [0.2, 0.25) is 0 Å². The van der Waals surface area contributed by atoms with Crippen molar-refractivity contribution in [2.45, 2.75) is 6.54 Å². The Morgan fingerprint density at radius 2 is 0.639 bits per heavy atom. The molecule has 1 heterocycles. The number of carbonyl (C=O) groups excluding carboxylic acids is 1. The van der Waals surface area contributed by atoms with Gasteiger partial charge in [0.1, 0.15) is 52.7 Å². The molecule has 0 aliphatic rings. The van der Waals surface area contributed by atoms with E-state index in [-0.39, 0.29) is 5.78 Å². The molecule has 5 aromatic carbocycles. The predicted molar refractivity (Wildman–Crippen MR) is 172 cm³/mol. The van der Waals surface area contributed by atoms with E-state index in [0.29, 0.717) is 12.1 Å². The molecule has 61 heavy (non-hydrogen) atoms. The average molecular weight is 957 g/mol. The maximum absolute atomic E-state index is 15.4. The molecule has 0 aliphatic carbocycles. The van der Waals surface area contributed by atoms with Crippen LogP contribution in [0.5, 0.6) is 0 Å². The van der Waals surface area contributed by atoms with Crippen LogP contribution in [0.15, 0.2) is 53.5 Å². The van der Waals surface area contributed by atoms with Gasteiger partial charge in [-0.1, -0.05) is 28.1 Å². The Kier molecular flexibility index (Phi) is 13.0. The minimum atomic E-state index is -7.22. The molecule has 0 saturated carbocycles. The second kappa shape index (κ2) is 17.2. The molecule has 0 radical (unpaired) electrons. The fraction of sp³-hybridized carbons (Fsp3) is 0.0278. The molecular weight excluding hydrogens is 947 g/mol. The van der Waals surface area contributed by atoms with E-state index in [9.17, 15) is 57.5 Å². The molecule has 0 atom stereocenters. The van der Waals surface area contributed by atoms with Crippen LogP contribution in [-0.2, 0) is 6.54 Å². The third-order valence-electron chi connectivity index (χ3n) is 8.89. The van der Waals surface area contributed by atoms with Crippen LogP contribution >= 0.6 is 15.9 Å². The Morgan fingerprint density at radius 1 is 0.410 bits per heavy atom. The summed E-state index contributed by atoms with van der Waals surface area (Å²) in [5.41, 5.74) is -13.6. The Balaban J connectivity index is 0.000000366. The summed E-state index contributed by atoms with van der Waals surface area (Å²) in [5, 5.41) is 0. The molecule has 0 fully saturated rings. The van der Waals surface area contributed by atoms with Crippen LogP contribution in [0.25, 0.3) is 0 Å². The number of rotatable bonds is 7. The van der Waals surface area contributed by atoms with Crippen LogP contribution in [0.3, 0.4) is 0 Å². The number of halogens is 21. The largest absolute Gasteiger partial charge is 0.287 e. The molecule has 0 N–H and O–H groups in total. The lowest BCUT2D eigenvalue weighted by molar-refractivity contribution is -0.683. The standard InChI is InChI=1S/C24BF20.C12H10BrN2O/c26-5-1(6(27)14(35)21(42)13(5)34)25(2-7(28)15(36)22(43)16(37)8(2)29,3-9(30)17(38)23(44)18(39)10(3)31)4-11(32)19(40)24(45)20(41)12(4)33;13-11-3-1-10(2-4-11)12(16)9-15-7-5-14-6-8-15/h;1-8H,9H2/q-1;+1. The minimum Gasteiger partial charge on any atom is -0.287 e. The lowest BCUT2D eigenvalue weighted by Crippen LogP contribution is -2.81. The number of hydrogen-bond donors (Lipinski definition) is 0. The monoisotopic (exact) mass is 956 g/mol. The highest BCUT2D eigenvalue weighted by molar-refractivity contribution is 9.10. The van der Waals surface area contributed by atoms with Gasteiger partial charge in [0, 0.05) is 10.0 Å². The van der Waals surface area contributed by atoms with Crippen LogP contribution in [0, 0.1) is 116 Å². The van der Waals surface area contributed by atoms with Crippen molar-refractivity contribution in [2.24, 2.45) is 0 Å². The summed E-state index contributed by atoms with van der Waals surface area (Å²) in [4.78, 5) is 15.8. The maximum Gasteiger partial charge on any atom is 0.227 e. The fourth-order valence-corrected chi connectivity index (χ4v) is 6.48. The molecule has 1 aromatic heterocycles. The zero-order valence-electron chi connectivity index (χ0n) is 28.6. The molecule has 0 spiro atoms. The molecule has 0 amide bonds. The molecule has 6 aromatic rings. The van der Waals surface area contributed by atoms with E-state index in [1.807, 2.05) is 24.3 Å². The molecule has 0 bridgehead atoms. The zero-order valence-corrected chi connectivity index (χ0v) is 30.2. The average Bonchev–Trinajstić information content (AvgIpc) is 3.24. The molecule has 0 unspecified atom stereocenters. The molecular formula is C36H10BBrF20N2O. The first-order valence-corrected chi connectivity index (χ1v) is 16.6. The highest BCUT2D eigenvalue weighted by Crippen LogP contribution is 2.30. The summed E-state index contributed by atoms with van der Waals surface area (Å²) in [6, 6.07) is 7.36. The lowest BCUT2D eigenvalue weighted by Gasteiger charge is -2.44. The zero-order chi connectivity index (χ0) is 45.7. The van der Waals surface area contributed by atoms with Gasteiger partial charge in [-0.15, -0.1) is 21.9 Å². The van der Waals surface area contributed by atoms with Gasteiger partial charge >= 0.3 is 0 Å². The van der Waals surface area contributed by atoms with Gasteiger partial charge in [0.05, 0.1) is 12.4 Å². The molecule has 0 saturated heterocycles. The smallest absolute Gasteiger partial charge is 0.227 e. The molecule has 6 rings (SSSR count). The summed E-state index contributed by atoms with van der Waals surface area (Å²) < 4.78 is 297. The molecule has 25 heteroatoms. The number of aromatic nitrogens is 2. The van der Waals surface area contributed by atoms with Crippen LogP contribution in [0.1, 0.15) is 10.4 Å². The predicted octanol–water partition coefficient (Wildman–Crippen LogP) is 7.86. The van der Waals surface area contributed by atoms with E-state index in [1.165, 1.54) is 0 Å². The van der Waals surface area contributed by atoms with Gasteiger partial charge in [-0.25, -0.2) is 87.8 Å². The summed E-state index contributed by atoms with van der Waals surface area (Å²) in [5.74, 6) is -71.3. The Bertz CT molecular complexity index is 2380. The van der Waals surface area contributed by atoms with E-state index >= 15 is 35.1 Å². The molecule has 3 nitrogen and oxygen atoms in total. The van der Waals surface area contributed by atoms with Gasteiger partial charge in [0.15, 0.2) is 82.2 Å². The van der Waals surface area contributed by atoms with E-state index in [1.54, 1.807) is 29.4 Å². The Labute approximate surface area is 333 Å². The third kappa shape index (κ3) is 7.45. The summed E-state index contributed by atoms with van der Waals surface area (Å²) in [6.07, 6.45) is -0.345. The van der Waals surface area contributed by atoms with Gasteiger partial charge in [-0.2, -0.15) is 4.57 Å². The van der Waals surface area contributed by atoms with Crippen LogP contribution in [0.4, 0.5) is 87.8 Å². The van der Waals surface area contributed by atoms with Crippen molar-refractivity contribution in [3.05, 3.63) is 175 Å². The summed E-state index contributed by atoms with van der Waals surface area (Å²) in [6.45, 7) is 0.337. The van der Waals surface area contributed by atoms with Crippen molar-refractivity contribution in [3.8, 4) is 0 Å². The Morgan fingerprint density at radius 3 is 0.885 bits per heavy atom. The second-order valence-electron chi connectivity index (χ2n) is 12.1. The molecule has 0 aliphatic heterocycles. The SMILES string of the molecule is Fc1c(F)c(F)c([B-](c2c(F)c(F)c(F)c(F)c2F)(c2c(F)c(F)c(F)c(F)c2F)c2c(F)c(F)c(F)c(F)c2F)c(F)c1F.O=C(C[n+]1ccncc1)c1ccc(Br)cc1. The van der Waals surface area contributed by atoms with Crippen molar-refractivity contribution in [3.63, 3.8) is 0 Å². The number of carbonyl (C=O) groups is 1. The van der Waals surface area contributed by atoms with Crippen molar-refractivity contribution >= 4 is 49.7 Å². The highest BCUT2D eigenvalue weighted by atomic mass is 79.9. The lowest BCUT2D eigenvalue weighted by atomic mass is 9.12. The highest BCUT2D eigenvalue weighted by Gasteiger charge is 2.52. The number of benzene rings is 5. The van der Waals surface area contributed by atoms with Crippen molar-refractivity contribution < 1.29 is 97.2 Å². The van der Waals surface area contributed by atoms with E-state index in [4.69, 9.17) is 0 Å². The van der Waals surface area contributed by atoms with Gasteiger partial charge in [0.2, 0.25) is 12.3 Å². The summed E-state index contributed by atoms with van der Waals surface area (Å²) >= 11 is 3.34. The number of ketones is 1. The maximum atomic E-state index is 15.4. The second-order valence-corrected chi connectivity index (χ2v) is 13.1. The van der Waals surface area contributed by atoms with Crippen molar-refractivity contribution in [1.82, 2.24) is 4.98 Å². The summed E-state index contributed by atoms with van der Waals surface area (Å²) in [7, 11) is 0. The number of hydrogen-bond acceptors (Lipinski definition) is 2. The van der Waals surface area contributed by atoms with Crippen molar-refractivity contribution in [2.75, 3.05) is 0 Å². The minimum absolute atomic E-state index is 0.0868. The fourth-order valence-electron chi connectivity index (χ4n) is 6.22. The van der Waals surface area contributed by atoms with Gasteiger partial charge < -0.3 is 0 Å². The van der Waals surface area contributed by atoms with Gasteiger partial charge in [0.25, 0.3) is 0 Å². The first kappa shape index (κ1) is 46.1. The van der Waals surface area contributed by atoms with Crippen LogP contribution < -0.4 is 26.4 Å². The number of nitrogens with zero attached hydrogens (tertiary/aromatic N) is 2. The van der Waals surface area contributed by atoms with E-state index < -0.39 is 144 Å². The van der Waals surface area contributed by atoms with E-state index in [2.05, 4.69) is 20.9 Å². The Hall–Kier alpha value is -6.01. The first-order valence-electron chi connectivity index (χ1n) is 15.8.